The van der Waals surface area contributed by atoms with Crippen molar-refractivity contribution in [2.75, 3.05) is 23.7 Å². The zero-order valence-electron chi connectivity index (χ0n) is 20.5. The number of aryl methyl sites for hydroxylation is 1. The highest BCUT2D eigenvalue weighted by Crippen LogP contribution is 2.26. The number of hydrogen-bond donors (Lipinski definition) is 1. The minimum atomic E-state index is -3.77. The van der Waals surface area contributed by atoms with Gasteiger partial charge in [0.05, 0.1) is 11.9 Å². The van der Waals surface area contributed by atoms with Gasteiger partial charge >= 0.3 is 0 Å². The predicted molar refractivity (Wildman–Crippen MR) is 137 cm³/mol. The quantitative estimate of drug-likeness (QED) is 0.465. The Morgan fingerprint density at radius 3 is 2.38 bits per heavy atom. The van der Waals surface area contributed by atoms with Crippen molar-refractivity contribution >= 4 is 39.1 Å². The second kappa shape index (κ2) is 12.2. The summed E-state index contributed by atoms with van der Waals surface area (Å²) >= 11 is 6.33. The number of rotatable bonds is 11. The summed E-state index contributed by atoms with van der Waals surface area (Å²) in [6.07, 6.45) is 2.82. The molecule has 7 nitrogen and oxygen atoms in total. The largest absolute Gasteiger partial charge is 0.354 e. The Hall–Kier alpha value is -2.58. The van der Waals surface area contributed by atoms with Gasteiger partial charge in [-0.25, -0.2) is 8.42 Å². The van der Waals surface area contributed by atoms with Crippen LogP contribution in [0, 0.1) is 13.8 Å². The predicted octanol–water partition coefficient (Wildman–Crippen LogP) is 4.06. The van der Waals surface area contributed by atoms with E-state index in [1.54, 1.807) is 43.3 Å². The minimum Gasteiger partial charge on any atom is -0.354 e. The molecule has 9 heteroatoms. The molecule has 0 spiro atoms. The maximum Gasteiger partial charge on any atom is 0.244 e. The molecule has 0 aromatic heterocycles. The highest BCUT2D eigenvalue weighted by molar-refractivity contribution is 7.92. The second-order valence-electron chi connectivity index (χ2n) is 8.42. The van der Waals surface area contributed by atoms with Crippen molar-refractivity contribution in [1.82, 2.24) is 10.2 Å². The normalized spacial score (nSPS) is 12.2. The third-order valence-electron chi connectivity index (χ3n) is 5.82. The Bertz CT molecular complexity index is 1120. The van der Waals surface area contributed by atoms with Gasteiger partial charge < -0.3 is 10.2 Å². The van der Waals surface area contributed by atoms with Crippen LogP contribution in [0.3, 0.4) is 0 Å². The van der Waals surface area contributed by atoms with Crippen molar-refractivity contribution in [2.24, 2.45) is 0 Å². The molecule has 2 amide bonds. The van der Waals surface area contributed by atoms with Gasteiger partial charge in [-0.1, -0.05) is 55.3 Å². The fourth-order valence-electron chi connectivity index (χ4n) is 3.53. The number of anilines is 1. The molecule has 1 atom stereocenters. The van der Waals surface area contributed by atoms with Gasteiger partial charge in [-0.05, 0) is 56.0 Å². The highest BCUT2D eigenvalue weighted by Gasteiger charge is 2.30. The maximum atomic E-state index is 13.6. The first-order valence-electron chi connectivity index (χ1n) is 11.3. The Kier molecular flexibility index (Phi) is 9.94. The topological polar surface area (TPSA) is 86.8 Å². The molecular weight excluding hydrogens is 474 g/mol. The standard InChI is InChI=1S/C25H34ClN3O4S/c1-6-7-15-27-25(31)20(4)28(16-21-12-8-9-13-22(21)26)24(30)17-29(34(5,32)33)23-14-10-11-18(2)19(23)3/h8-14,20H,6-7,15-17H2,1-5H3,(H,27,31). The molecule has 0 fully saturated rings. The van der Waals surface area contributed by atoms with E-state index in [4.69, 9.17) is 11.6 Å². The van der Waals surface area contributed by atoms with Crippen LogP contribution in [0.5, 0.6) is 0 Å². The summed E-state index contributed by atoms with van der Waals surface area (Å²) in [6.45, 7) is 7.51. The monoisotopic (exact) mass is 507 g/mol. The first-order chi connectivity index (χ1) is 16.0. The van der Waals surface area contributed by atoms with Gasteiger partial charge in [0.25, 0.3) is 0 Å². The van der Waals surface area contributed by atoms with Gasteiger partial charge in [0, 0.05) is 18.1 Å². The Morgan fingerprint density at radius 2 is 1.76 bits per heavy atom. The molecule has 2 aromatic carbocycles. The second-order valence-corrected chi connectivity index (χ2v) is 10.7. The molecule has 1 N–H and O–H groups in total. The van der Waals surface area contributed by atoms with E-state index in [-0.39, 0.29) is 12.5 Å². The maximum absolute atomic E-state index is 13.6. The molecular formula is C25H34ClN3O4S. The fraction of sp³-hybridized carbons (Fsp3) is 0.440. The summed E-state index contributed by atoms with van der Waals surface area (Å²) in [5.41, 5.74) is 2.79. The van der Waals surface area contributed by atoms with Crippen LogP contribution < -0.4 is 9.62 Å². The van der Waals surface area contributed by atoms with Gasteiger partial charge in [0.2, 0.25) is 21.8 Å². The third-order valence-corrected chi connectivity index (χ3v) is 7.31. The smallest absolute Gasteiger partial charge is 0.244 e. The van der Waals surface area contributed by atoms with Crippen LogP contribution in [-0.2, 0) is 26.2 Å². The Morgan fingerprint density at radius 1 is 1.09 bits per heavy atom. The lowest BCUT2D eigenvalue weighted by Gasteiger charge is -2.32. The van der Waals surface area contributed by atoms with Crippen LogP contribution in [0.1, 0.15) is 43.4 Å². The van der Waals surface area contributed by atoms with E-state index in [2.05, 4.69) is 5.32 Å². The molecule has 1 unspecified atom stereocenters. The summed E-state index contributed by atoms with van der Waals surface area (Å²) in [7, 11) is -3.77. The molecule has 0 radical (unpaired) electrons. The highest BCUT2D eigenvalue weighted by atomic mass is 35.5. The lowest BCUT2D eigenvalue weighted by atomic mass is 10.1. The molecule has 0 aliphatic heterocycles. The first-order valence-corrected chi connectivity index (χ1v) is 13.5. The number of hydrogen-bond acceptors (Lipinski definition) is 4. The summed E-state index contributed by atoms with van der Waals surface area (Å²) in [4.78, 5) is 27.8. The van der Waals surface area contributed by atoms with Gasteiger partial charge in [0.15, 0.2) is 0 Å². The molecule has 2 rings (SSSR count). The van der Waals surface area contributed by atoms with E-state index < -0.39 is 28.5 Å². The number of halogens is 1. The molecule has 0 saturated carbocycles. The number of nitrogens with one attached hydrogen (secondary N) is 1. The van der Waals surface area contributed by atoms with Crippen LogP contribution in [0.2, 0.25) is 5.02 Å². The molecule has 0 aliphatic rings. The van der Waals surface area contributed by atoms with Crippen molar-refractivity contribution in [2.45, 2.75) is 53.1 Å². The average molecular weight is 508 g/mol. The van der Waals surface area contributed by atoms with Crippen molar-refractivity contribution < 1.29 is 18.0 Å². The van der Waals surface area contributed by atoms with Crippen LogP contribution in [-0.4, -0.2) is 50.5 Å². The van der Waals surface area contributed by atoms with E-state index >= 15 is 0 Å². The van der Waals surface area contributed by atoms with Crippen LogP contribution >= 0.6 is 11.6 Å². The molecule has 2 aromatic rings. The number of carbonyl (C=O) groups excluding carboxylic acids is 2. The van der Waals surface area contributed by atoms with E-state index in [0.29, 0.717) is 22.8 Å². The van der Waals surface area contributed by atoms with E-state index in [1.807, 2.05) is 26.8 Å². The van der Waals surface area contributed by atoms with Crippen LogP contribution in [0.4, 0.5) is 5.69 Å². The van der Waals surface area contributed by atoms with Gasteiger partial charge in [-0.15, -0.1) is 0 Å². The number of benzene rings is 2. The molecule has 0 heterocycles. The molecule has 34 heavy (non-hydrogen) atoms. The van der Waals surface area contributed by atoms with Gasteiger partial charge in [-0.3, -0.25) is 13.9 Å². The van der Waals surface area contributed by atoms with Crippen LogP contribution in [0.25, 0.3) is 0 Å². The molecule has 0 bridgehead atoms. The number of sulfonamides is 1. The van der Waals surface area contributed by atoms with Crippen molar-refractivity contribution in [3.63, 3.8) is 0 Å². The number of amides is 2. The third kappa shape index (κ3) is 7.21. The fourth-order valence-corrected chi connectivity index (χ4v) is 4.62. The summed E-state index contributed by atoms with van der Waals surface area (Å²) in [5, 5.41) is 3.32. The summed E-state index contributed by atoms with van der Waals surface area (Å²) < 4.78 is 26.5. The van der Waals surface area contributed by atoms with Gasteiger partial charge in [0.1, 0.15) is 12.6 Å². The van der Waals surface area contributed by atoms with Gasteiger partial charge in [-0.2, -0.15) is 0 Å². The summed E-state index contributed by atoms with van der Waals surface area (Å²) in [5.74, 6) is -0.795. The Labute approximate surface area is 208 Å². The van der Waals surface area contributed by atoms with E-state index in [1.165, 1.54) is 4.90 Å². The molecule has 0 aliphatic carbocycles. The molecule has 186 valence electrons. The van der Waals surface area contributed by atoms with Crippen LogP contribution in [0.15, 0.2) is 42.5 Å². The minimum absolute atomic E-state index is 0.0747. The summed E-state index contributed by atoms with van der Waals surface area (Å²) in [6, 6.07) is 11.6. The van der Waals surface area contributed by atoms with Crippen molar-refractivity contribution in [3.05, 3.63) is 64.2 Å². The Balaban J connectivity index is 2.41. The zero-order valence-corrected chi connectivity index (χ0v) is 22.0. The lowest BCUT2D eigenvalue weighted by molar-refractivity contribution is -0.139. The number of nitrogens with zero attached hydrogens (tertiary/aromatic N) is 2. The van der Waals surface area contributed by atoms with E-state index in [0.717, 1.165) is 34.5 Å². The van der Waals surface area contributed by atoms with Crippen molar-refractivity contribution in [1.29, 1.82) is 0 Å². The average Bonchev–Trinajstić information content (AvgIpc) is 2.77. The number of unbranched alkanes of at least 4 members (excludes halogenated alkanes) is 1. The first kappa shape index (κ1) is 27.7. The number of carbonyl (C=O) groups is 2. The molecule has 0 saturated heterocycles. The zero-order chi connectivity index (χ0) is 25.5. The SMILES string of the molecule is CCCCNC(=O)C(C)N(Cc1ccccc1Cl)C(=O)CN(c1cccc(C)c1C)S(C)(=O)=O. The van der Waals surface area contributed by atoms with E-state index in [9.17, 15) is 18.0 Å². The lowest BCUT2D eigenvalue weighted by Crippen LogP contribution is -2.51. The van der Waals surface area contributed by atoms with Crippen molar-refractivity contribution in [3.8, 4) is 0 Å².